The second-order valence-electron chi connectivity index (χ2n) is 6.46. The first-order valence-corrected chi connectivity index (χ1v) is 9.04. The van der Waals surface area contributed by atoms with Gasteiger partial charge in [-0.05, 0) is 61.9 Å². The van der Waals surface area contributed by atoms with E-state index < -0.39 is 18.0 Å². The van der Waals surface area contributed by atoms with E-state index in [2.05, 4.69) is 5.32 Å². The van der Waals surface area contributed by atoms with Crippen molar-refractivity contribution in [3.63, 3.8) is 0 Å². The topological polar surface area (TPSA) is 84.9 Å². The molecule has 2 aromatic carbocycles. The highest BCUT2D eigenvalue weighted by Gasteiger charge is 2.23. The Hall–Kier alpha value is -3.35. The molecule has 0 spiro atoms. The lowest BCUT2D eigenvalue weighted by atomic mass is 10.2. The van der Waals surface area contributed by atoms with Crippen molar-refractivity contribution in [3.05, 3.63) is 54.1 Å². The number of esters is 1. The van der Waals surface area contributed by atoms with Crippen LogP contribution in [0.4, 0.5) is 11.4 Å². The number of hydrogen-bond donors (Lipinski definition) is 1. The first kappa shape index (κ1) is 19.4. The quantitative estimate of drug-likeness (QED) is 0.777. The molecule has 0 radical (unpaired) electrons. The van der Waals surface area contributed by atoms with Crippen LogP contribution in [0, 0.1) is 0 Å². The van der Waals surface area contributed by atoms with Crippen LogP contribution < -0.4 is 15.0 Å². The lowest BCUT2D eigenvalue weighted by Crippen LogP contribution is -2.30. The molecule has 1 aliphatic heterocycles. The normalized spacial score (nSPS) is 14.5. The van der Waals surface area contributed by atoms with Gasteiger partial charge in [-0.3, -0.25) is 9.59 Å². The van der Waals surface area contributed by atoms with Crippen molar-refractivity contribution < 1.29 is 23.9 Å². The molecule has 28 heavy (non-hydrogen) atoms. The Labute approximate surface area is 163 Å². The van der Waals surface area contributed by atoms with Crippen LogP contribution in [0.25, 0.3) is 0 Å². The maximum Gasteiger partial charge on any atom is 0.338 e. The minimum absolute atomic E-state index is 0.0825. The van der Waals surface area contributed by atoms with Gasteiger partial charge in [-0.2, -0.15) is 0 Å². The monoisotopic (exact) mass is 382 g/mol. The number of carbonyl (C=O) groups is 3. The number of methoxy groups -OCH3 is 1. The summed E-state index contributed by atoms with van der Waals surface area (Å²) < 4.78 is 10.3. The van der Waals surface area contributed by atoms with Gasteiger partial charge < -0.3 is 19.7 Å². The predicted octanol–water partition coefficient (Wildman–Crippen LogP) is 3.01. The standard InChI is InChI=1S/C21H22N2O5/c1-14(20(25)22-16-7-11-18(27-2)12-8-16)28-21(26)15-5-9-17(10-6-15)23-13-3-4-19(23)24/h5-12,14H,3-4,13H2,1-2H3,(H,22,25)/t14-/m0/s1. The molecule has 1 saturated heterocycles. The molecular weight excluding hydrogens is 360 g/mol. The van der Waals surface area contributed by atoms with E-state index in [9.17, 15) is 14.4 Å². The maximum absolute atomic E-state index is 12.3. The highest BCUT2D eigenvalue weighted by Crippen LogP contribution is 2.22. The number of ether oxygens (including phenoxy) is 2. The summed E-state index contributed by atoms with van der Waals surface area (Å²) in [4.78, 5) is 38.0. The van der Waals surface area contributed by atoms with Gasteiger partial charge in [0.05, 0.1) is 12.7 Å². The first-order valence-electron chi connectivity index (χ1n) is 9.04. The zero-order chi connectivity index (χ0) is 20.1. The Morgan fingerprint density at radius 3 is 2.32 bits per heavy atom. The third-order valence-electron chi connectivity index (χ3n) is 4.50. The third kappa shape index (κ3) is 4.49. The number of nitrogens with zero attached hydrogens (tertiary/aromatic N) is 1. The fourth-order valence-corrected chi connectivity index (χ4v) is 2.90. The SMILES string of the molecule is COc1ccc(NC(=O)[C@H](C)OC(=O)c2ccc(N3CCCC3=O)cc2)cc1. The molecule has 1 aliphatic rings. The van der Waals surface area contributed by atoms with Crippen LogP contribution in [0.5, 0.6) is 5.75 Å². The van der Waals surface area contributed by atoms with Gasteiger partial charge in [0.25, 0.3) is 5.91 Å². The summed E-state index contributed by atoms with van der Waals surface area (Å²) in [5.74, 6) is -0.273. The summed E-state index contributed by atoms with van der Waals surface area (Å²) in [6.07, 6.45) is 0.420. The summed E-state index contributed by atoms with van der Waals surface area (Å²) in [5, 5.41) is 2.69. The molecule has 0 aliphatic carbocycles. The van der Waals surface area contributed by atoms with E-state index in [1.807, 2.05) is 0 Å². The van der Waals surface area contributed by atoms with Gasteiger partial charge in [0.1, 0.15) is 5.75 Å². The Balaban J connectivity index is 1.56. The lowest BCUT2D eigenvalue weighted by Gasteiger charge is -2.16. The van der Waals surface area contributed by atoms with Crippen molar-refractivity contribution in [1.82, 2.24) is 0 Å². The number of hydrogen-bond acceptors (Lipinski definition) is 5. The van der Waals surface area contributed by atoms with E-state index in [1.165, 1.54) is 6.92 Å². The molecule has 1 atom stereocenters. The van der Waals surface area contributed by atoms with Gasteiger partial charge in [0.2, 0.25) is 5.91 Å². The number of anilines is 2. The van der Waals surface area contributed by atoms with Gasteiger partial charge in [-0.1, -0.05) is 0 Å². The molecule has 7 heteroatoms. The van der Waals surface area contributed by atoms with Crippen LogP contribution in [-0.4, -0.2) is 37.5 Å². The van der Waals surface area contributed by atoms with Crippen molar-refractivity contribution >= 4 is 29.2 Å². The van der Waals surface area contributed by atoms with Crippen LogP contribution in [0.1, 0.15) is 30.1 Å². The fraction of sp³-hybridized carbons (Fsp3) is 0.286. The van der Waals surface area contributed by atoms with Crippen molar-refractivity contribution in [2.45, 2.75) is 25.9 Å². The van der Waals surface area contributed by atoms with Crippen LogP contribution in [0.15, 0.2) is 48.5 Å². The molecule has 2 amide bonds. The van der Waals surface area contributed by atoms with Crippen molar-refractivity contribution in [3.8, 4) is 5.75 Å². The Morgan fingerprint density at radius 1 is 1.07 bits per heavy atom. The molecule has 0 unspecified atom stereocenters. The average molecular weight is 382 g/mol. The molecule has 2 aromatic rings. The highest BCUT2D eigenvalue weighted by molar-refractivity contribution is 5.98. The van der Waals surface area contributed by atoms with Crippen molar-refractivity contribution in [1.29, 1.82) is 0 Å². The predicted molar refractivity (Wildman–Crippen MR) is 105 cm³/mol. The van der Waals surface area contributed by atoms with Crippen molar-refractivity contribution in [2.24, 2.45) is 0 Å². The minimum atomic E-state index is -0.963. The van der Waals surface area contributed by atoms with Gasteiger partial charge in [0, 0.05) is 24.3 Å². The van der Waals surface area contributed by atoms with Gasteiger partial charge in [-0.15, -0.1) is 0 Å². The largest absolute Gasteiger partial charge is 0.497 e. The van der Waals surface area contributed by atoms with E-state index in [1.54, 1.807) is 60.5 Å². The number of carbonyl (C=O) groups excluding carboxylic acids is 3. The van der Waals surface area contributed by atoms with E-state index >= 15 is 0 Å². The number of nitrogens with one attached hydrogen (secondary N) is 1. The second-order valence-corrected chi connectivity index (χ2v) is 6.46. The molecule has 0 saturated carbocycles. The van der Waals surface area contributed by atoms with Gasteiger partial charge in [0.15, 0.2) is 6.10 Å². The van der Waals surface area contributed by atoms with Crippen LogP contribution in [-0.2, 0) is 14.3 Å². The summed E-state index contributed by atoms with van der Waals surface area (Å²) in [5.41, 5.74) is 1.65. The maximum atomic E-state index is 12.3. The number of rotatable bonds is 6. The average Bonchev–Trinajstić information content (AvgIpc) is 3.14. The van der Waals surface area contributed by atoms with E-state index in [4.69, 9.17) is 9.47 Å². The highest BCUT2D eigenvalue weighted by atomic mass is 16.5. The number of amides is 2. The molecule has 1 heterocycles. The second kappa shape index (κ2) is 8.56. The molecule has 1 fully saturated rings. The van der Waals surface area contributed by atoms with Gasteiger partial charge >= 0.3 is 5.97 Å². The van der Waals surface area contributed by atoms with Crippen LogP contribution in [0.2, 0.25) is 0 Å². The van der Waals surface area contributed by atoms with E-state index in [0.29, 0.717) is 30.0 Å². The van der Waals surface area contributed by atoms with E-state index in [0.717, 1.165) is 12.1 Å². The Kier molecular flexibility index (Phi) is 5.93. The fourth-order valence-electron chi connectivity index (χ4n) is 2.90. The smallest absolute Gasteiger partial charge is 0.338 e. The first-order chi connectivity index (χ1) is 13.5. The lowest BCUT2D eigenvalue weighted by molar-refractivity contribution is -0.123. The molecule has 3 rings (SSSR count). The summed E-state index contributed by atoms with van der Waals surface area (Å²) in [6.45, 7) is 2.19. The Morgan fingerprint density at radius 2 is 1.75 bits per heavy atom. The molecule has 0 aromatic heterocycles. The summed E-state index contributed by atoms with van der Waals surface area (Å²) in [7, 11) is 1.56. The molecule has 7 nitrogen and oxygen atoms in total. The molecule has 146 valence electrons. The summed E-state index contributed by atoms with van der Waals surface area (Å²) in [6, 6.07) is 13.4. The molecular formula is C21H22N2O5. The van der Waals surface area contributed by atoms with Crippen LogP contribution in [0.3, 0.4) is 0 Å². The summed E-state index contributed by atoms with van der Waals surface area (Å²) >= 11 is 0. The zero-order valence-corrected chi connectivity index (χ0v) is 15.8. The zero-order valence-electron chi connectivity index (χ0n) is 15.8. The van der Waals surface area contributed by atoms with Crippen molar-refractivity contribution in [2.75, 3.05) is 23.9 Å². The minimum Gasteiger partial charge on any atom is -0.497 e. The Bertz CT molecular complexity index is 861. The molecule has 1 N–H and O–H groups in total. The third-order valence-corrected chi connectivity index (χ3v) is 4.50. The van der Waals surface area contributed by atoms with Crippen LogP contribution >= 0.6 is 0 Å². The number of benzene rings is 2. The van der Waals surface area contributed by atoms with Gasteiger partial charge in [-0.25, -0.2) is 4.79 Å². The molecule has 0 bridgehead atoms. The van der Waals surface area contributed by atoms with E-state index in [-0.39, 0.29) is 5.91 Å².